The van der Waals surface area contributed by atoms with Crippen molar-refractivity contribution in [3.8, 4) is 5.75 Å². The van der Waals surface area contributed by atoms with Crippen LogP contribution in [0.4, 0.5) is 0 Å². The fourth-order valence-corrected chi connectivity index (χ4v) is 1.66. The van der Waals surface area contributed by atoms with Gasteiger partial charge in [-0.05, 0) is 43.4 Å². The Bertz CT molecular complexity index is 335. The van der Waals surface area contributed by atoms with Crippen molar-refractivity contribution in [1.82, 2.24) is 0 Å². The van der Waals surface area contributed by atoms with Gasteiger partial charge in [0.05, 0.1) is 5.02 Å². The van der Waals surface area contributed by atoms with Crippen molar-refractivity contribution in [1.29, 1.82) is 0 Å². The minimum Gasteiger partial charge on any atom is -0.506 e. The Hall–Kier alpha value is -0.730. The summed E-state index contributed by atoms with van der Waals surface area (Å²) in [6.45, 7) is 3.97. The number of hydrogen-bond donors (Lipinski definition) is 2. The zero-order valence-corrected chi connectivity index (χ0v) is 9.23. The van der Waals surface area contributed by atoms with E-state index in [4.69, 9.17) is 16.7 Å². The predicted molar refractivity (Wildman–Crippen MR) is 58.0 cm³/mol. The third-order valence-electron chi connectivity index (χ3n) is 2.43. The molecule has 3 heteroatoms. The fraction of sp³-hybridized carbons (Fsp3) is 0.455. The molecule has 0 saturated heterocycles. The molecule has 0 aliphatic carbocycles. The van der Waals surface area contributed by atoms with E-state index < -0.39 is 0 Å². The van der Waals surface area contributed by atoms with Gasteiger partial charge in [-0.3, -0.25) is 0 Å². The van der Waals surface area contributed by atoms with E-state index in [9.17, 15) is 5.11 Å². The summed E-state index contributed by atoms with van der Waals surface area (Å²) in [5.41, 5.74) is 2.80. The number of phenols is 1. The molecule has 78 valence electrons. The van der Waals surface area contributed by atoms with Crippen LogP contribution in [0.15, 0.2) is 6.07 Å². The quantitative estimate of drug-likeness (QED) is 0.812. The number of rotatable bonds is 3. The first-order valence-electron chi connectivity index (χ1n) is 4.66. The largest absolute Gasteiger partial charge is 0.506 e. The number of benzene rings is 1. The highest BCUT2D eigenvalue weighted by atomic mass is 35.5. The van der Waals surface area contributed by atoms with Crippen molar-refractivity contribution in [2.24, 2.45) is 0 Å². The standard InChI is InChI=1S/C11H15ClO2/c1-7-6-9(4-3-5-13)11(14)10(12)8(7)2/h6,13-14H,3-5H2,1-2H3. The molecule has 0 aliphatic rings. The monoisotopic (exact) mass is 214 g/mol. The molecule has 0 atom stereocenters. The summed E-state index contributed by atoms with van der Waals surface area (Å²) >= 11 is 5.95. The Morgan fingerprint density at radius 1 is 1.36 bits per heavy atom. The zero-order chi connectivity index (χ0) is 10.7. The SMILES string of the molecule is Cc1cc(CCCO)c(O)c(Cl)c1C. The van der Waals surface area contributed by atoms with Crippen molar-refractivity contribution in [2.45, 2.75) is 26.7 Å². The van der Waals surface area contributed by atoms with Gasteiger partial charge in [0, 0.05) is 6.61 Å². The number of aliphatic hydroxyl groups excluding tert-OH is 1. The van der Waals surface area contributed by atoms with E-state index in [2.05, 4.69) is 0 Å². The summed E-state index contributed by atoms with van der Waals surface area (Å²) in [7, 11) is 0. The summed E-state index contributed by atoms with van der Waals surface area (Å²) in [6.07, 6.45) is 1.30. The molecule has 0 unspecified atom stereocenters. The average Bonchev–Trinajstić information content (AvgIpc) is 2.18. The second kappa shape index (κ2) is 4.67. The lowest BCUT2D eigenvalue weighted by molar-refractivity contribution is 0.288. The van der Waals surface area contributed by atoms with Crippen LogP contribution in [0.25, 0.3) is 0 Å². The van der Waals surface area contributed by atoms with Gasteiger partial charge in [0.15, 0.2) is 0 Å². The molecule has 0 amide bonds. The van der Waals surface area contributed by atoms with E-state index >= 15 is 0 Å². The van der Waals surface area contributed by atoms with Gasteiger partial charge in [0.1, 0.15) is 5.75 Å². The first-order valence-corrected chi connectivity index (χ1v) is 5.04. The lowest BCUT2D eigenvalue weighted by atomic mass is 10.0. The highest BCUT2D eigenvalue weighted by molar-refractivity contribution is 6.33. The maximum atomic E-state index is 9.72. The summed E-state index contributed by atoms with van der Waals surface area (Å²) in [6, 6.07) is 1.92. The molecule has 0 bridgehead atoms. The molecular weight excluding hydrogens is 200 g/mol. The van der Waals surface area contributed by atoms with Gasteiger partial charge in [-0.15, -0.1) is 0 Å². The lowest BCUT2D eigenvalue weighted by Gasteiger charge is -2.10. The average molecular weight is 215 g/mol. The van der Waals surface area contributed by atoms with Crippen LogP contribution >= 0.6 is 11.6 Å². The van der Waals surface area contributed by atoms with E-state index in [-0.39, 0.29) is 12.4 Å². The minimum atomic E-state index is 0.129. The van der Waals surface area contributed by atoms with Crippen molar-refractivity contribution in [3.63, 3.8) is 0 Å². The molecule has 0 heterocycles. The predicted octanol–water partition coefficient (Wildman–Crippen LogP) is 2.59. The number of aryl methyl sites for hydroxylation is 2. The normalized spacial score (nSPS) is 10.6. The zero-order valence-electron chi connectivity index (χ0n) is 8.47. The van der Waals surface area contributed by atoms with Gasteiger partial charge in [0.2, 0.25) is 0 Å². The van der Waals surface area contributed by atoms with Gasteiger partial charge >= 0.3 is 0 Å². The van der Waals surface area contributed by atoms with Gasteiger partial charge in [-0.2, -0.15) is 0 Å². The molecule has 0 spiro atoms. The smallest absolute Gasteiger partial charge is 0.137 e. The second-order valence-corrected chi connectivity index (χ2v) is 3.85. The first-order chi connectivity index (χ1) is 6.57. The molecule has 0 saturated carbocycles. The molecule has 0 radical (unpaired) electrons. The Morgan fingerprint density at radius 3 is 2.57 bits per heavy atom. The van der Waals surface area contributed by atoms with E-state index in [1.54, 1.807) is 0 Å². The van der Waals surface area contributed by atoms with Gasteiger partial charge in [0.25, 0.3) is 0 Å². The highest BCUT2D eigenvalue weighted by Gasteiger charge is 2.10. The maximum absolute atomic E-state index is 9.72. The van der Waals surface area contributed by atoms with E-state index in [1.807, 2.05) is 19.9 Å². The second-order valence-electron chi connectivity index (χ2n) is 3.47. The summed E-state index contributed by atoms with van der Waals surface area (Å²) in [5.74, 6) is 0.156. The third-order valence-corrected chi connectivity index (χ3v) is 2.89. The molecule has 0 aliphatic heterocycles. The minimum absolute atomic E-state index is 0.129. The van der Waals surface area contributed by atoms with E-state index in [0.717, 1.165) is 16.7 Å². The number of halogens is 1. The first kappa shape index (κ1) is 11.3. The number of aromatic hydroxyl groups is 1. The Labute approximate surface area is 89.1 Å². The molecule has 0 aromatic heterocycles. The Kier molecular flexibility index (Phi) is 3.78. The molecule has 0 fully saturated rings. The number of aliphatic hydroxyl groups is 1. The molecule has 1 rings (SSSR count). The fourth-order valence-electron chi connectivity index (χ4n) is 1.39. The van der Waals surface area contributed by atoms with Crippen LogP contribution in [0.5, 0.6) is 5.75 Å². The molecule has 2 N–H and O–H groups in total. The lowest BCUT2D eigenvalue weighted by Crippen LogP contribution is -1.94. The van der Waals surface area contributed by atoms with Crippen LogP contribution in [0.3, 0.4) is 0 Å². The van der Waals surface area contributed by atoms with Gasteiger partial charge < -0.3 is 10.2 Å². The number of phenolic OH excluding ortho intramolecular Hbond substituents is 1. The molecule has 1 aromatic carbocycles. The number of hydrogen-bond acceptors (Lipinski definition) is 2. The molecular formula is C11H15ClO2. The van der Waals surface area contributed by atoms with Gasteiger partial charge in [-0.25, -0.2) is 0 Å². The van der Waals surface area contributed by atoms with Crippen LogP contribution in [0.1, 0.15) is 23.1 Å². The molecule has 2 nitrogen and oxygen atoms in total. The molecule has 14 heavy (non-hydrogen) atoms. The van der Waals surface area contributed by atoms with Crippen LogP contribution in [-0.2, 0) is 6.42 Å². The van der Waals surface area contributed by atoms with Crippen LogP contribution in [0.2, 0.25) is 5.02 Å². The maximum Gasteiger partial charge on any atom is 0.137 e. The Balaban J connectivity index is 3.06. The summed E-state index contributed by atoms with van der Waals surface area (Å²) < 4.78 is 0. The highest BCUT2D eigenvalue weighted by Crippen LogP contribution is 2.33. The summed E-state index contributed by atoms with van der Waals surface area (Å²) in [5, 5.41) is 18.8. The molecule has 1 aromatic rings. The summed E-state index contributed by atoms with van der Waals surface area (Å²) in [4.78, 5) is 0. The van der Waals surface area contributed by atoms with Crippen LogP contribution in [-0.4, -0.2) is 16.8 Å². The third kappa shape index (κ3) is 2.20. The Morgan fingerprint density at radius 2 is 2.00 bits per heavy atom. The van der Waals surface area contributed by atoms with Crippen molar-refractivity contribution < 1.29 is 10.2 Å². The van der Waals surface area contributed by atoms with Crippen molar-refractivity contribution >= 4 is 11.6 Å². The van der Waals surface area contributed by atoms with Crippen molar-refractivity contribution in [2.75, 3.05) is 6.61 Å². The van der Waals surface area contributed by atoms with Crippen molar-refractivity contribution in [3.05, 3.63) is 27.8 Å². The van der Waals surface area contributed by atoms with Crippen LogP contribution in [0, 0.1) is 13.8 Å². The van der Waals surface area contributed by atoms with Gasteiger partial charge in [-0.1, -0.05) is 17.7 Å². The topological polar surface area (TPSA) is 40.5 Å². The van der Waals surface area contributed by atoms with E-state index in [0.29, 0.717) is 17.9 Å². The van der Waals surface area contributed by atoms with Crippen LogP contribution < -0.4 is 0 Å². The van der Waals surface area contributed by atoms with E-state index in [1.165, 1.54) is 0 Å².